The van der Waals surface area contributed by atoms with Crippen molar-refractivity contribution in [3.8, 4) is 0 Å². The maximum atomic E-state index is 12.2. The molecule has 1 fully saturated rings. The second-order valence-corrected chi connectivity index (χ2v) is 4.82. The lowest BCUT2D eigenvalue weighted by molar-refractivity contribution is -0.137. The maximum absolute atomic E-state index is 12.2. The molecule has 1 aliphatic carbocycles. The first-order valence-electron chi connectivity index (χ1n) is 6.26. The monoisotopic (exact) mass is 307 g/mol. The normalized spacial score (nSPS) is 20.7. The molecular formula is C13H17F4N3O. The van der Waals surface area contributed by atoms with Crippen LogP contribution in [-0.2, 0) is 17.5 Å². The molecule has 1 heterocycles. The third-order valence-corrected chi connectivity index (χ3v) is 2.66. The molecule has 2 atom stereocenters. The molecule has 0 amide bonds. The highest BCUT2D eigenvalue weighted by molar-refractivity contribution is 5.58. The lowest BCUT2D eigenvalue weighted by Crippen LogP contribution is -2.29. The molecule has 0 saturated heterocycles. The summed E-state index contributed by atoms with van der Waals surface area (Å²) in [7, 11) is 3.59. The van der Waals surface area contributed by atoms with Crippen LogP contribution in [-0.4, -0.2) is 36.5 Å². The van der Waals surface area contributed by atoms with E-state index in [0.717, 1.165) is 12.3 Å². The van der Waals surface area contributed by atoms with E-state index in [1.54, 1.807) is 19.1 Å². The summed E-state index contributed by atoms with van der Waals surface area (Å²) in [6.07, 6.45) is -3.15. The molecule has 118 valence electrons. The van der Waals surface area contributed by atoms with Crippen LogP contribution >= 0.6 is 0 Å². The van der Waals surface area contributed by atoms with Gasteiger partial charge in [-0.1, -0.05) is 0 Å². The average molecular weight is 307 g/mol. The minimum atomic E-state index is -4.32. The molecule has 0 aromatic carbocycles. The van der Waals surface area contributed by atoms with Crippen LogP contribution in [0.1, 0.15) is 17.7 Å². The van der Waals surface area contributed by atoms with Gasteiger partial charge in [-0.15, -0.1) is 0 Å². The number of nitrogens with one attached hydrogen (secondary N) is 1. The Morgan fingerprint density at radius 2 is 2.05 bits per heavy atom. The zero-order chi connectivity index (χ0) is 16.0. The lowest BCUT2D eigenvalue weighted by Gasteiger charge is -2.11. The summed E-state index contributed by atoms with van der Waals surface area (Å²) in [5.41, 5.74) is 2.75. The van der Waals surface area contributed by atoms with Gasteiger partial charge in [0.1, 0.15) is 12.5 Å². The predicted octanol–water partition coefficient (Wildman–Crippen LogP) is 2.21. The second kappa shape index (κ2) is 7.46. The van der Waals surface area contributed by atoms with Crippen molar-refractivity contribution < 1.29 is 22.4 Å². The van der Waals surface area contributed by atoms with E-state index < -0.39 is 17.9 Å². The molecule has 0 aliphatic heterocycles. The highest BCUT2D eigenvalue weighted by atomic mass is 19.4. The average Bonchev–Trinajstić information content (AvgIpc) is 3.13. The van der Waals surface area contributed by atoms with E-state index in [0.29, 0.717) is 24.9 Å². The molecule has 21 heavy (non-hydrogen) atoms. The van der Waals surface area contributed by atoms with Crippen molar-refractivity contribution in [2.45, 2.75) is 25.3 Å². The summed E-state index contributed by atoms with van der Waals surface area (Å²) in [4.78, 5) is 13.2. The first-order chi connectivity index (χ1) is 9.74. The molecule has 0 spiro atoms. The minimum Gasteiger partial charge on any atom is -0.303 e. The number of hydrogen-bond acceptors (Lipinski definition) is 4. The Hall–Kier alpha value is -1.54. The fourth-order valence-corrected chi connectivity index (χ4v) is 1.26. The van der Waals surface area contributed by atoms with Crippen LogP contribution in [0.2, 0.25) is 0 Å². The number of aromatic nitrogens is 1. The third-order valence-electron chi connectivity index (χ3n) is 2.66. The Labute approximate surface area is 120 Å². The Morgan fingerprint density at radius 3 is 2.33 bits per heavy atom. The summed E-state index contributed by atoms with van der Waals surface area (Å²) < 4.78 is 48.1. The summed E-state index contributed by atoms with van der Waals surface area (Å²) in [5.74, 6) is -0.245. The van der Waals surface area contributed by atoms with Gasteiger partial charge in [-0.3, -0.25) is 9.99 Å². The first-order valence-corrected chi connectivity index (χ1v) is 6.26. The predicted molar refractivity (Wildman–Crippen MR) is 68.8 cm³/mol. The van der Waals surface area contributed by atoms with Gasteiger partial charge >= 0.3 is 6.18 Å². The number of alkyl halides is 4. The highest BCUT2D eigenvalue weighted by Crippen LogP contribution is 2.30. The number of aldehydes is 1. The second-order valence-electron chi connectivity index (χ2n) is 4.82. The number of pyridine rings is 1. The van der Waals surface area contributed by atoms with Crippen molar-refractivity contribution in [2.75, 3.05) is 14.1 Å². The molecule has 8 heteroatoms. The Balaban J connectivity index is 0.000000304. The zero-order valence-electron chi connectivity index (χ0n) is 11.7. The Kier molecular flexibility index (Phi) is 6.22. The van der Waals surface area contributed by atoms with Gasteiger partial charge in [0, 0.05) is 26.2 Å². The molecule has 2 unspecified atom stereocenters. The van der Waals surface area contributed by atoms with Gasteiger partial charge in [0.25, 0.3) is 0 Å². The number of carbonyl (C=O) groups is 1. The number of rotatable bonds is 4. The van der Waals surface area contributed by atoms with Crippen molar-refractivity contribution in [1.82, 2.24) is 15.4 Å². The molecule has 0 radical (unpaired) electrons. The summed E-state index contributed by atoms with van der Waals surface area (Å²) in [6, 6.07) is 2.39. The third kappa shape index (κ3) is 6.63. The zero-order valence-corrected chi connectivity index (χ0v) is 11.7. The van der Waals surface area contributed by atoms with E-state index in [1.807, 2.05) is 0 Å². The summed E-state index contributed by atoms with van der Waals surface area (Å²) in [5, 5.41) is 1.71. The Bertz CT molecular complexity index is 448. The topological polar surface area (TPSA) is 45.2 Å². The smallest absolute Gasteiger partial charge is 0.303 e. The maximum Gasteiger partial charge on any atom is 0.417 e. The van der Waals surface area contributed by atoms with Crippen molar-refractivity contribution in [3.05, 3.63) is 29.6 Å². The number of halogens is 4. The van der Waals surface area contributed by atoms with E-state index in [9.17, 15) is 22.4 Å². The van der Waals surface area contributed by atoms with Crippen LogP contribution in [0.25, 0.3) is 0 Å². The van der Waals surface area contributed by atoms with E-state index in [4.69, 9.17) is 0 Å². The molecule has 1 saturated carbocycles. The molecule has 0 bridgehead atoms. The van der Waals surface area contributed by atoms with Gasteiger partial charge in [0.2, 0.25) is 0 Å². The molecular weight excluding hydrogens is 290 g/mol. The lowest BCUT2D eigenvalue weighted by atomic mass is 10.2. The first kappa shape index (κ1) is 17.5. The largest absolute Gasteiger partial charge is 0.417 e. The van der Waals surface area contributed by atoms with Crippen molar-refractivity contribution >= 4 is 6.29 Å². The van der Waals surface area contributed by atoms with Gasteiger partial charge in [-0.25, -0.2) is 9.82 Å². The van der Waals surface area contributed by atoms with Gasteiger partial charge in [0.05, 0.1) is 17.8 Å². The number of hydrogen-bond donors (Lipinski definition) is 1. The standard InChI is InChI=1S/C9H12F3N3.C4H5FO/c1-15(2)14-6-8-4-3-7(5-13-8)9(10,11)12;5-4-1-3(4)2-6/h3-5,14H,6H2,1-2H3;2-4H,1H2. The van der Waals surface area contributed by atoms with Crippen molar-refractivity contribution in [3.63, 3.8) is 0 Å². The van der Waals surface area contributed by atoms with Crippen molar-refractivity contribution in [1.29, 1.82) is 0 Å². The van der Waals surface area contributed by atoms with Gasteiger partial charge in [-0.2, -0.15) is 13.2 Å². The quantitative estimate of drug-likeness (QED) is 0.526. The molecule has 1 aliphatic rings. The summed E-state index contributed by atoms with van der Waals surface area (Å²) in [6.45, 7) is 0.408. The number of hydrazine groups is 1. The summed E-state index contributed by atoms with van der Waals surface area (Å²) >= 11 is 0. The fraction of sp³-hybridized carbons (Fsp3) is 0.538. The van der Waals surface area contributed by atoms with Gasteiger partial charge in [0.15, 0.2) is 0 Å². The number of nitrogens with zero attached hydrogens (tertiary/aromatic N) is 2. The van der Waals surface area contributed by atoms with Crippen LogP contribution in [0.3, 0.4) is 0 Å². The number of carbonyl (C=O) groups excluding carboxylic acids is 1. The van der Waals surface area contributed by atoms with Crippen molar-refractivity contribution in [2.24, 2.45) is 5.92 Å². The SMILES string of the molecule is CN(C)NCc1ccc(C(F)(F)F)cn1.O=CC1CC1F. The fourth-order valence-electron chi connectivity index (χ4n) is 1.26. The molecule has 2 rings (SSSR count). The van der Waals surface area contributed by atoms with E-state index in [2.05, 4.69) is 10.4 Å². The van der Waals surface area contributed by atoms with Crippen LogP contribution in [0, 0.1) is 5.92 Å². The molecule has 1 aromatic rings. The molecule has 1 N–H and O–H groups in total. The Morgan fingerprint density at radius 1 is 1.43 bits per heavy atom. The molecule has 1 aromatic heterocycles. The van der Waals surface area contributed by atoms with Crippen LogP contribution in [0.4, 0.5) is 17.6 Å². The van der Waals surface area contributed by atoms with E-state index in [-0.39, 0.29) is 5.92 Å². The van der Waals surface area contributed by atoms with Gasteiger partial charge < -0.3 is 4.79 Å². The van der Waals surface area contributed by atoms with Crippen LogP contribution in [0.15, 0.2) is 18.3 Å². The van der Waals surface area contributed by atoms with Gasteiger partial charge in [-0.05, 0) is 18.6 Å². The van der Waals surface area contributed by atoms with E-state index >= 15 is 0 Å². The van der Waals surface area contributed by atoms with E-state index in [1.165, 1.54) is 6.07 Å². The minimum absolute atomic E-state index is 0.245. The highest BCUT2D eigenvalue weighted by Gasteiger charge is 2.36. The molecule has 4 nitrogen and oxygen atoms in total. The van der Waals surface area contributed by atoms with Crippen LogP contribution in [0.5, 0.6) is 0 Å². The van der Waals surface area contributed by atoms with Crippen LogP contribution < -0.4 is 5.43 Å².